The van der Waals surface area contributed by atoms with Gasteiger partial charge in [-0.25, -0.2) is 0 Å². The second-order valence-corrected chi connectivity index (χ2v) is 5.67. The number of hydrogen-bond donors (Lipinski definition) is 1. The number of carbonyl (C=O) groups is 2. The molecule has 0 saturated carbocycles. The summed E-state index contributed by atoms with van der Waals surface area (Å²) in [6.45, 7) is 9.49. The van der Waals surface area contributed by atoms with E-state index in [0.717, 1.165) is 13.1 Å². The van der Waals surface area contributed by atoms with Gasteiger partial charge in [-0.1, -0.05) is 20.8 Å². The second kappa shape index (κ2) is 5.26. The Labute approximate surface area is 108 Å². The number of nitrogens with one attached hydrogen (secondary N) is 1. The molecule has 18 heavy (non-hydrogen) atoms. The SMILES string of the molecule is CC[C@@H]1NC(=O)[C@H]2CN(CC(C)C)CCN2C1=O. The number of piperazine rings is 2. The van der Waals surface area contributed by atoms with Crippen molar-refractivity contribution in [2.45, 2.75) is 39.3 Å². The maximum Gasteiger partial charge on any atom is 0.245 e. The second-order valence-electron chi connectivity index (χ2n) is 5.67. The van der Waals surface area contributed by atoms with Crippen LogP contribution in [0, 0.1) is 5.92 Å². The lowest BCUT2D eigenvalue weighted by molar-refractivity contribution is -0.153. The first kappa shape index (κ1) is 13.3. The Morgan fingerprint density at radius 1 is 1.33 bits per heavy atom. The van der Waals surface area contributed by atoms with Crippen molar-refractivity contribution in [1.29, 1.82) is 0 Å². The highest BCUT2D eigenvalue weighted by atomic mass is 16.2. The van der Waals surface area contributed by atoms with Crippen LogP contribution in [0.1, 0.15) is 27.2 Å². The first-order chi connectivity index (χ1) is 8.52. The molecule has 102 valence electrons. The van der Waals surface area contributed by atoms with Gasteiger partial charge in [0.1, 0.15) is 12.1 Å². The molecule has 2 amide bonds. The van der Waals surface area contributed by atoms with E-state index in [1.165, 1.54) is 0 Å². The van der Waals surface area contributed by atoms with Crippen LogP contribution in [0.25, 0.3) is 0 Å². The molecule has 0 spiro atoms. The predicted molar refractivity (Wildman–Crippen MR) is 69.0 cm³/mol. The Morgan fingerprint density at radius 2 is 2.06 bits per heavy atom. The van der Waals surface area contributed by atoms with E-state index in [9.17, 15) is 9.59 Å². The maximum absolute atomic E-state index is 12.2. The summed E-state index contributed by atoms with van der Waals surface area (Å²) in [5, 5.41) is 2.83. The molecule has 0 radical (unpaired) electrons. The molecule has 0 aromatic rings. The Bertz CT molecular complexity index is 343. The molecule has 2 atom stereocenters. The number of rotatable bonds is 3. The molecule has 0 aromatic carbocycles. The van der Waals surface area contributed by atoms with Gasteiger partial charge in [0.2, 0.25) is 11.8 Å². The number of fused-ring (bicyclic) bond motifs is 1. The molecule has 2 fully saturated rings. The third-order valence-corrected chi connectivity index (χ3v) is 3.70. The first-order valence-electron chi connectivity index (χ1n) is 6.86. The zero-order chi connectivity index (χ0) is 13.3. The van der Waals surface area contributed by atoms with Crippen LogP contribution in [0.2, 0.25) is 0 Å². The summed E-state index contributed by atoms with van der Waals surface area (Å²) >= 11 is 0. The lowest BCUT2D eigenvalue weighted by Crippen LogP contribution is -2.69. The van der Waals surface area contributed by atoms with E-state index in [1.807, 2.05) is 6.92 Å². The van der Waals surface area contributed by atoms with E-state index >= 15 is 0 Å². The summed E-state index contributed by atoms with van der Waals surface area (Å²) in [6, 6.07) is -0.599. The summed E-state index contributed by atoms with van der Waals surface area (Å²) in [4.78, 5) is 28.3. The Morgan fingerprint density at radius 3 is 2.67 bits per heavy atom. The summed E-state index contributed by atoms with van der Waals surface area (Å²) in [7, 11) is 0. The fraction of sp³-hybridized carbons (Fsp3) is 0.846. The van der Waals surface area contributed by atoms with Gasteiger partial charge < -0.3 is 10.2 Å². The van der Waals surface area contributed by atoms with Gasteiger partial charge in [0.25, 0.3) is 0 Å². The third-order valence-electron chi connectivity index (χ3n) is 3.70. The molecule has 2 saturated heterocycles. The monoisotopic (exact) mass is 253 g/mol. The molecule has 1 N–H and O–H groups in total. The van der Waals surface area contributed by atoms with E-state index in [0.29, 0.717) is 25.4 Å². The van der Waals surface area contributed by atoms with Gasteiger partial charge in [0.15, 0.2) is 0 Å². The highest BCUT2D eigenvalue weighted by Crippen LogP contribution is 2.18. The van der Waals surface area contributed by atoms with Gasteiger partial charge in [0.05, 0.1) is 0 Å². The highest BCUT2D eigenvalue weighted by Gasteiger charge is 2.42. The molecule has 2 aliphatic rings. The zero-order valence-electron chi connectivity index (χ0n) is 11.5. The zero-order valence-corrected chi connectivity index (χ0v) is 11.5. The van der Waals surface area contributed by atoms with E-state index in [-0.39, 0.29) is 23.9 Å². The lowest BCUT2D eigenvalue weighted by Gasteiger charge is -2.45. The van der Waals surface area contributed by atoms with Gasteiger partial charge in [-0.2, -0.15) is 0 Å². The van der Waals surface area contributed by atoms with Gasteiger partial charge in [-0.3, -0.25) is 14.5 Å². The average molecular weight is 253 g/mol. The van der Waals surface area contributed by atoms with Crippen molar-refractivity contribution in [2.75, 3.05) is 26.2 Å². The number of carbonyl (C=O) groups excluding carboxylic acids is 2. The molecule has 0 aliphatic carbocycles. The van der Waals surface area contributed by atoms with Crippen LogP contribution < -0.4 is 5.32 Å². The van der Waals surface area contributed by atoms with Gasteiger partial charge in [-0.05, 0) is 12.3 Å². The van der Waals surface area contributed by atoms with Crippen LogP contribution in [-0.4, -0.2) is 59.9 Å². The average Bonchev–Trinajstić information content (AvgIpc) is 2.33. The quantitative estimate of drug-likeness (QED) is 0.774. The van der Waals surface area contributed by atoms with E-state index in [4.69, 9.17) is 0 Å². The third kappa shape index (κ3) is 2.51. The maximum atomic E-state index is 12.2. The van der Waals surface area contributed by atoms with Crippen molar-refractivity contribution in [3.63, 3.8) is 0 Å². The number of nitrogens with zero attached hydrogens (tertiary/aromatic N) is 2. The van der Waals surface area contributed by atoms with Gasteiger partial charge in [0, 0.05) is 26.2 Å². The van der Waals surface area contributed by atoms with Crippen LogP contribution in [0.5, 0.6) is 0 Å². The summed E-state index contributed by atoms with van der Waals surface area (Å²) in [6.07, 6.45) is 0.670. The lowest BCUT2D eigenvalue weighted by atomic mass is 10.0. The Hall–Kier alpha value is -1.10. The predicted octanol–water partition coefficient (Wildman–Crippen LogP) is 0.0636. The molecule has 2 rings (SSSR count). The van der Waals surface area contributed by atoms with Crippen LogP contribution >= 0.6 is 0 Å². The largest absolute Gasteiger partial charge is 0.342 e. The van der Waals surface area contributed by atoms with Crippen molar-refractivity contribution < 1.29 is 9.59 Å². The van der Waals surface area contributed by atoms with E-state index < -0.39 is 0 Å². The number of hydrogen-bond acceptors (Lipinski definition) is 3. The normalized spacial score (nSPS) is 29.4. The molecular weight excluding hydrogens is 230 g/mol. The summed E-state index contributed by atoms with van der Waals surface area (Å²) < 4.78 is 0. The minimum Gasteiger partial charge on any atom is -0.342 e. The minimum absolute atomic E-state index is 0.00917. The molecule has 0 aromatic heterocycles. The van der Waals surface area contributed by atoms with Crippen LogP contribution in [0.4, 0.5) is 0 Å². The summed E-state index contributed by atoms with van der Waals surface area (Å²) in [5.74, 6) is 0.684. The number of amides is 2. The van der Waals surface area contributed by atoms with Gasteiger partial charge >= 0.3 is 0 Å². The standard InChI is InChI=1S/C13H23N3O2/c1-4-10-13(18)16-6-5-15(7-9(2)3)8-11(16)12(17)14-10/h9-11H,4-8H2,1-3H3,(H,14,17)/t10-,11+/m0/s1. The Kier molecular flexibility index (Phi) is 3.90. The van der Waals surface area contributed by atoms with Crippen molar-refractivity contribution in [2.24, 2.45) is 5.92 Å². The van der Waals surface area contributed by atoms with Crippen LogP contribution in [0.3, 0.4) is 0 Å². The van der Waals surface area contributed by atoms with E-state index in [2.05, 4.69) is 24.1 Å². The minimum atomic E-state index is -0.314. The summed E-state index contributed by atoms with van der Waals surface area (Å²) in [5.41, 5.74) is 0. The molecule has 5 heteroatoms. The van der Waals surface area contributed by atoms with Crippen molar-refractivity contribution >= 4 is 11.8 Å². The van der Waals surface area contributed by atoms with Crippen molar-refractivity contribution in [1.82, 2.24) is 15.1 Å². The van der Waals surface area contributed by atoms with Crippen molar-refractivity contribution in [3.8, 4) is 0 Å². The smallest absolute Gasteiger partial charge is 0.245 e. The molecule has 0 bridgehead atoms. The molecular formula is C13H23N3O2. The fourth-order valence-corrected chi connectivity index (χ4v) is 2.82. The van der Waals surface area contributed by atoms with Crippen molar-refractivity contribution in [3.05, 3.63) is 0 Å². The van der Waals surface area contributed by atoms with Gasteiger partial charge in [-0.15, -0.1) is 0 Å². The Balaban J connectivity index is 2.05. The molecule has 2 aliphatic heterocycles. The molecule has 0 unspecified atom stereocenters. The van der Waals surface area contributed by atoms with Crippen LogP contribution in [-0.2, 0) is 9.59 Å². The molecule has 5 nitrogen and oxygen atoms in total. The fourth-order valence-electron chi connectivity index (χ4n) is 2.82. The first-order valence-corrected chi connectivity index (χ1v) is 6.86. The topological polar surface area (TPSA) is 52.7 Å². The van der Waals surface area contributed by atoms with E-state index in [1.54, 1.807) is 4.90 Å². The highest BCUT2D eigenvalue weighted by molar-refractivity contribution is 5.97. The van der Waals surface area contributed by atoms with Crippen LogP contribution in [0.15, 0.2) is 0 Å². The molecule has 2 heterocycles.